The van der Waals surface area contributed by atoms with Crippen molar-refractivity contribution in [1.82, 2.24) is 20.9 Å². The molecule has 3 rings (SSSR count). The summed E-state index contributed by atoms with van der Waals surface area (Å²) in [6, 6.07) is 12.2. The van der Waals surface area contributed by atoms with Crippen molar-refractivity contribution >= 4 is 53.2 Å². The number of carboxylic acids is 1. The molecule has 11 N–H and O–H groups in total. The first kappa shape index (κ1) is 32.9. The highest BCUT2D eigenvalue weighted by Crippen LogP contribution is 2.19. The fraction of sp³-hybridized carbons (Fsp3) is 0.345. The Hall–Kier alpha value is -4.56. The van der Waals surface area contributed by atoms with Gasteiger partial charge in [0.1, 0.15) is 18.1 Å². The molecule has 0 spiro atoms. The Morgan fingerprint density at radius 3 is 2.16 bits per heavy atom. The number of guanidine groups is 1. The lowest BCUT2D eigenvalue weighted by Crippen LogP contribution is -2.58. The van der Waals surface area contributed by atoms with Crippen LogP contribution in [0.1, 0.15) is 24.0 Å². The monoisotopic (exact) mass is 610 g/mol. The maximum atomic E-state index is 13.6. The van der Waals surface area contributed by atoms with E-state index in [1.807, 2.05) is 54.6 Å². The number of aromatic amines is 1. The van der Waals surface area contributed by atoms with Crippen LogP contribution in [-0.2, 0) is 32.0 Å². The number of rotatable bonds is 16. The van der Waals surface area contributed by atoms with Gasteiger partial charge in [-0.3, -0.25) is 19.4 Å². The number of carbonyl (C=O) groups is 4. The Kier molecular flexibility index (Phi) is 12.4. The van der Waals surface area contributed by atoms with Gasteiger partial charge in [-0.15, -0.1) is 0 Å². The molecule has 43 heavy (non-hydrogen) atoms. The molecule has 0 radical (unpaired) electrons. The first-order valence-electron chi connectivity index (χ1n) is 13.7. The van der Waals surface area contributed by atoms with Gasteiger partial charge in [-0.2, -0.15) is 12.6 Å². The molecule has 1 heterocycles. The molecule has 3 amide bonds. The van der Waals surface area contributed by atoms with Crippen LogP contribution >= 0.6 is 12.6 Å². The predicted molar refractivity (Wildman–Crippen MR) is 167 cm³/mol. The summed E-state index contributed by atoms with van der Waals surface area (Å²) in [5, 5.41) is 18.1. The number of hydrogen-bond acceptors (Lipinski definition) is 7. The third-order valence-electron chi connectivity index (χ3n) is 6.74. The average Bonchev–Trinajstić information content (AvgIpc) is 3.39. The summed E-state index contributed by atoms with van der Waals surface area (Å²) in [5.74, 6) is -3.45. The van der Waals surface area contributed by atoms with Crippen LogP contribution < -0.4 is 33.2 Å². The molecule has 0 unspecified atom stereocenters. The molecule has 0 aliphatic carbocycles. The Morgan fingerprint density at radius 1 is 0.860 bits per heavy atom. The van der Waals surface area contributed by atoms with E-state index in [2.05, 4.69) is 38.6 Å². The Balaban J connectivity index is 1.82. The number of nitrogens with two attached hydrogens (primary N) is 3. The van der Waals surface area contributed by atoms with E-state index in [1.165, 1.54) is 0 Å². The van der Waals surface area contributed by atoms with Crippen molar-refractivity contribution in [2.75, 3.05) is 12.3 Å². The number of benzene rings is 2. The topological polar surface area (TPSA) is 231 Å². The summed E-state index contributed by atoms with van der Waals surface area (Å²) in [7, 11) is 0. The first-order chi connectivity index (χ1) is 20.6. The lowest BCUT2D eigenvalue weighted by molar-refractivity contribution is -0.141. The quantitative estimate of drug-likeness (QED) is 0.0455. The van der Waals surface area contributed by atoms with Gasteiger partial charge in [0.25, 0.3) is 0 Å². The summed E-state index contributed by atoms with van der Waals surface area (Å²) in [5.41, 5.74) is 19.4. The van der Waals surface area contributed by atoms with E-state index in [0.29, 0.717) is 6.42 Å². The number of aromatic nitrogens is 1. The van der Waals surface area contributed by atoms with Crippen molar-refractivity contribution in [3.63, 3.8) is 0 Å². The molecule has 3 aromatic rings. The maximum Gasteiger partial charge on any atom is 0.327 e. The molecule has 230 valence electrons. The second-order valence-electron chi connectivity index (χ2n) is 10.0. The van der Waals surface area contributed by atoms with E-state index in [4.69, 9.17) is 17.2 Å². The summed E-state index contributed by atoms with van der Waals surface area (Å²) in [6.45, 7) is 0.208. The second-order valence-corrected chi connectivity index (χ2v) is 10.4. The SMILES string of the molecule is NC(N)=NCCC[C@H](NC(=O)[C@@H](N)Cc1ccccc1)C(=O)N[C@H](Cc1c[nH]c2ccccc12)C(=O)N[C@@H](CS)C(=O)O. The lowest BCUT2D eigenvalue weighted by Gasteiger charge is -2.25. The maximum absolute atomic E-state index is 13.6. The van der Waals surface area contributed by atoms with E-state index in [1.54, 1.807) is 6.20 Å². The van der Waals surface area contributed by atoms with Crippen molar-refractivity contribution in [2.24, 2.45) is 22.2 Å². The number of para-hydroxylation sites is 1. The standard InChI is InChI=1S/C29H38N8O5S/c30-20(13-17-7-2-1-3-8-17)25(38)35-22(11-6-12-33-29(31)32)26(39)36-23(27(40)37-24(16-43)28(41)42)14-18-15-34-21-10-5-4-9-19(18)21/h1-5,7-10,15,20,22-24,34,43H,6,11-14,16,30H2,(H,35,38)(H,36,39)(H,37,40)(H,41,42)(H4,31,32,33)/t20-,22-,23+,24-/m0/s1. The minimum atomic E-state index is -1.27. The predicted octanol–water partition coefficient (Wildman–Crippen LogP) is -0.197. The van der Waals surface area contributed by atoms with Gasteiger partial charge in [0.15, 0.2) is 5.96 Å². The van der Waals surface area contributed by atoms with E-state index >= 15 is 0 Å². The van der Waals surface area contributed by atoms with Crippen molar-refractivity contribution in [1.29, 1.82) is 0 Å². The van der Waals surface area contributed by atoms with Gasteiger partial charge in [-0.25, -0.2) is 4.79 Å². The summed E-state index contributed by atoms with van der Waals surface area (Å²) in [4.78, 5) is 58.6. The number of hydrogen-bond donors (Lipinski definition) is 9. The van der Waals surface area contributed by atoms with Crippen LogP contribution in [0.3, 0.4) is 0 Å². The lowest BCUT2D eigenvalue weighted by atomic mass is 10.0. The van der Waals surface area contributed by atoms with Crippen LogP contribution in [0.2, 0.25) is 0 Å². The molecule has 1 aromatic heterocycles. The van der Waals surface area contributed by atoms with Gasteiger partial charge in [0.2, 0.25) is 17.7 Å². The fourth-order valence-corrected chi connectivity index (χ4v) is 4.72. The van der Waals surface area contributed by atoms with E-state index in [9.17, 15) is 24.3 Å². The molecular weight excluding hydrogens is 572 g/mol. The highest BCUT2D eigenvalue weighted by Gasteiger charge is 2.30. The molecule has 0 aliphatic heterocycles. The number of amides is 3. The number of nitrogens with zero attached hydrogens (tertiary/aromatic N) is 1. The molecule has 0 saturated carbocycles. The number of aliphatic carboxylic acids is 1. The second kappa shape index (κ2) is 16.2. The largest absolute Gasteiger partial charge is 0.480 e. The van der Waals surface area contributed by atoms with Crippen LogP contribution in [0.25, 0.3) is 10.9 Å². The number of carbonyl (C=O) groups excluding carboxylic acids is 3. The van der Waals surface area contributed by atoms with Gasteiger partial charge in [0.05, 0.1) is 6.04 Å². The van der Waals surface area contributed by atoms with Crippen molar-refractivity contribution in [3.05, 3.63) is 71.9 Å². The molecule has 4 atom stereocenters. The van der Waals surface area contributed by atoms with Gasteiger partial charge < -0.3 is 43.2 Å². The van der Waals surface area contributed by atoms with Crippen LogP contribution in [0.4, 0.5) is 0 Å². The Labute approximate surface area is 254 Å². The van der Waals surface area contributed by atoms with Crippen LogP contribution in [0.15, 0.2) is 65.8 Å². The zero-order valence-corrected chi connectivity index (χ0v) is 24.4. The number of thiol groups is 1. The third kappa shape index (κ3) is 10.0. The van der Waals surface area contributed by atoms with E-state index in [0.717, 1.165) is 22.0 Å². The molecule has 13 nitrogen and oxygen atoms in total. The van der Waals surface area contributed by atoms with Crippen LogP contribution in [0.5, 0.6) is 0 Å². The summed E-state index contributed by atoms with van der Waals surface area (Å²) in [6.07, 6.45) is 2.50. The van der Waals surface area contributed by atoms with E-state index in [-0.39, 0.29) is 37.5 Å². The fourth-order valence-electron chi connectivity index (χ4n) is 4.47. The molecule has 14 heteroatoms. The van der Waals surface area contributed by atoms with Crippen molar-refractivity contribution in [2.45, 2.75) is 49.9 Å². The Morgan fingerprint density at radius 2 is 1.49 bits per heavy atom. The van der Waals surface area contributed by atoms with Crippen molar-refractivity contribution < 1.29 is 24.3 Å². The van der Waals surface area contributed by atoms with Gasteiger partial charge in [-0.1, -0.05) is 48.5 Å². The number of fused-ring (bicyclic) bond motifs is 1. The molecule has 2 aromatic carbocycles. The zero-order chi connectivity index (χ0) is 31.4. The molecule has 0 aliphatic rings. The Bertz CT molecular complexity index is 1430. The normalized spacial score (nSPS) is 13.7. The molecule has 0 fully saturated rings. The average molecular weight is 611 g/mol. The highest BCUT2D eigenvalue weighted by molar-refractivity contribution is 7.80. The van der Waals surface area contributed by atoms with E-state index < -0.39 is 47.9 Å². The number of carboxylic acid groups (broad SMARTS) is 1. The smallest absolute Gasteiger partial charge is 0.327 e. The summed E-state index contributed by atoms with van der Waals surface area (Å²) < 4.78 is 0. The number of aliphatic imine (C=N–C) groups is 1. The minimum absolute atomic E-state index is 0.0443. The number of H-pyrrole nitrogens is 1. The summed E-state index contributed by atoms with van der Waals surface area (Å²) >= 11 is 4.02. The molecule has 0 bridgehead atoms. The molecular formula is C29H38N8O5S. The minimum Gasteiger partial charge on any atom is -0.480 e. The molecule has 0 saturated heterocycles. The highest BCUT2D eigenvalue weighted by atomic mass is 32.1. The zero-order valence-electron chi connectivity index (χ0n) is 23.5. The first-order valence-corrected chi connectivity index (χ1v) is 14.4. The van der Waals surface area contributed by atoms with Gasteiger partial charge in [0, 0.05) is 35.8 Å². The third-order valence-corrected chi connectivity index (χ3v) is 7.11. The number of nitrogens with one attached hydrogen (secondary N) is 4. The van der Waals surface area contributed by atoms with Crippen LogP contribution in [-0.4, -0.2) is 76.2 Å². The van der Waals surface area contributed by atoms with Crippen molar-refractivity contribution in [3.8, 4) is 0 Å². The van der Waals surface area contributed by atoms with Gasteiger partial charge >= 0.3 is 5.97 Å². The van der Waals surface area contributed by atoms with Gasteiger partial charge in [-0.05, 0) is 36.5 Å². The van der Waals surface area contributed by atoms with Crippen LogP contribution in [0, 0.1) is 0 Å².